The number of rotatable bonds is 8. The van der Waals surface area contributed by atoms with Crippen LogP contribution in [0.2, 0.25) is 0 Å². The molecule has 0 radical (unpaired) electrons. The van der Waals surface area contributed by atoms with Gasteiger partial charge in [0.1, 0.15) is 5.75 Å². The van der Waals surface area contributed by atoms with E-state index in [-0.39, 0.29) is 17.9 Å². The van der Waals surface area contributed by atoms with E-state index in [1.807, 2.05) is 36.4 Å². The smallest absolute Gasteiger partial charge is 0.256 e. The molecule has 4 rings (SSSR count). The summed E-state index contributed by atoms with van der Waals surface area (Å²) in [6.07, 6.45) is 2.42. The van der Waals surface area contributed by atoms with E-state index in [2.05, 4.69) is 10.6 Å². The SMILES string of the molecule is COc1ccccc1NC(=O)c1ccc(NC(=O)c2ccccc2SC[C@H]2CCCO2)cc1. The summed E-state index contributed by atoms with van der Waals surface area (Å²) in [5.74, 6) is 0.982. The molecule has 6 nitrogen and oxygen atoms in total. The summed E-state index contributed by atoms with van der Waals surface area (Å²) in [7, 11) is 1.56. The monoisotopic (exact) mass is 462 g/mol. The first-order chi connectivity index (χ1) is 16.1. The maximum absolute atomic E-state index is 12.9. The molecule has 1 heterocycles. The van der Waals surface area contributed by atoms with Crippen molar-refractivity contribution in [2.45, 2.75) is 23.8 Å². The molecule has 2 amide bonds. The van der Waals surface area contributed by atoms with Crippen LogP contribution in [0.1, 0.15) is 33.6 Å². The van der Waals surface area contributed by atoms with Crippen molar-refractivity contribution < 1.29 is 19.1 Å². The number of nitrogens with one attached hydrogen (secondary N) is 2. The van der Waals surface area contributed by atoms with E-state index in [0.29, 0.717) is 28.3 Å². The van der Waals surface area contributed by atoms with Crippen LogP contribution < -0.4 is 15.4 Å². The second kappa shape index (κ2) is 11.0. The lowest BCUT2D eigenvalue weighted by Crippen LogP contribution is -2.15. The van der Waals surface area contributed by atoms with E-state index in [1.54, 1.807) is 55.3 Å². The Bertz CT molecular complexity index is 1110. The molecular weight excluding hydrogens is 436 g/mol. The van der Waals surface area contributed by atoms with Gasteiger partial charge in [0.2, 0.25) is 0 Å². The van der Waals surface area contributed by atoms with Gasteiger partial charge in [0.15, 0.2) is 0 Å². The maximum Gasteiger partial charge on any atom is 0.256 e. The van der Waals surface area contributed by atoms with Crippen LogP contribution in [0.3, 0.4) is 0 Å². The van der Waals surface area contributed by atoms with Crippen LogP contribution >= 0.6 is 11.8 Å². The lowest BCUT2D eigenvalue weighted by Gasteiger charge is -2.13. The molecule has 1 fully saturated rings. The van der Waals surface area contributed by atoms with Gasteiger partial charge < -0.3 is 20.1 Å². The average Bonchev–Trinajstić information content (AvgIpc) is 3.37. The van der Waals surface area contributed by atoms with Crippen LogP contribution in [0.15, 0.2) is 77.7 Å². The first kappa shape index (κ1) is 22.9. The topological polar surface area (TPSA) is 76.7 Å². The van der Waals surface area contributed by atoms with Crippen LogP contribution in [0.5, 0.6) is 5.75 Å². The van der Waals surface area contributed by atoms with Gasteiger partial charge in [0, 0.05) is 28.5 Å². The summed E-state index contributed by atoms with van der Waals surface area (Å²) in [6, 6.07) is 21.6. The molecular formula is C26H26N2O4S. The third kappa shape index (κ3) is 5.94. The van der Waals surface area contributed by atoms with Crippen LogP contribution in [0.4, 0.5) is 11.4 Å². The van der Waals surface area contributed by atoms with Gasteiger partial charge in [-0.3, -0.25) is 9.59 Å². The Morgan fingerprint density at radius 1 is 0.970 bits per heavy atom. The molecule has 0 unspecified atom stereocenters. The number of thioether (sulfide) groups is 1. The molecule has 3 aromatic carbocycles. The number of para-hydroxylation sites is 2. The lowest BCUT2D eigenvalue weighted by atomic mass is 10.1. The number of carbonyl (C=O) groups excluding carboxylic acids is 2. The van der Waals surface area contributed by atoms with E-state index >= 15 is 0 Å². The highest BCUT2D eigenvalue weighted by Crippen LogP contribution is 2.28. The van der Waals surface area contributed by atoms with Gasteiger partial charge in [0.25, 0.3) is 11.8 Å². The van der Waals surface area contributed by atoms with E-state index in [4.69, 9.17) is 9.47 Å². The zero-order chi connectivity index (χ0) is 23.0. The zero-order valence-corrected chi connectivity index (χ0v) is 19.2. The van der Waals surface area contributed by atoms with Crippen molar-refractivity contribution in [2.24, 2.45) is 0 Å². The van der Waals surface area contributed by atoms with Crippen molar-refractivity contribution in [3.05, 3.63) is 83.9 Å². The lowest BCUT2D eigenvalue weighted by molar-refractivity contribution is 0.101. The highest BCUT2D eigenvalue weighted by molar-refractivity contribution is 7.99. The second-order valence-electron chi connectivity index (χ2n) is 7.63. The number of ether oxygens (including phenoxy) is 2. The molecule has 1 saturated heterocycles. The fourth-order valence-electron chi connectivity index (χ4n) is 3.58. The molecule has 170 valence electrons. The largest absolute Gasteiger partial charge is 0.495 e. The van der Waals surface area contributed by atoms with Crippen molar-refractivity contribution in [3.8, 4) is 5.75 Å². The fourth-order valence-corrected chi connectivity index (χ4v) is 4.70. The molecule has 1 atom stereocenters. The Morgan fingerprint density at radius 3 is 2.48 bits per heavy atom. The Kier molecular flexibility index (Phi) is 7.65. The molecule has 33 heavy (non-hydrogen) atoms. The molecule has 0 bridgehead atoms. The summed E-state index contributed by atoms with van der Waals surface area (Å²) in [5, 5.41) is 5.77. The van der Waals surface area contributed by atoms with Crippen molar-refractivity contribution in [2.75, 3.05) is 30.1 Å². The molecule has 0 aromatic heterocycles. The molecule has 1 aliphatic rings. The minimum atomic E-state index is -0.256. The van der Waals surface area contributed by atoms with Gasteiger partial charge in [-0.25, -0.2) is 0 Å². The number of amides is 2. The molecule has 3 aromatic rings. The van der Waals surface area contributed by atoms with Crippen LogP contribution in [0, 0.1) is 0 Å². The van der Waals surface area contributed by atoms with Gasteiger partial charge in [-0.05, 0) is 61.4 Å². The average molecular weight is 463 g/mol. The van der Waals surface area contributed by atoms with E-state index in [9.17, 15) is 9.59 Å². The fraction of sp³-hybridized carbons (Fsp3) is 0.231. The van der Waals surface area contributed by atoms with E-state index in [1.165, 1.54) is 0 Å². The number of hydrogen-bond donors (Lipinski definition) is 2. The van der Waals surface area contributed by atoms with Crippen LogP contribution in [0.25, 0.3) is 0 Å². The van der Waals surface area contributed by atoms with Crippen LogP contribution in [-0.4, -0.2) is 37.4 Å². The third-order valence-electron chi connectivity index (χ3n) is 5.34. The zero-order valence-electron chi connectivity index (χ0n) is 18.4. The Labute approximate surface area is 197 Å². The standard InChI is InChI=1S/C26H26N2O4S/c1-31-23-10-4-3-9-22(23)28-25(29)18-12-14-19(15-13-18)27-26(30)21-8-2-5-11-24(21)33-17-20-7-6-16-32-20/h2-5,8-15,20H,6-7,16-17H2,1H3,(H,27,30)(H,28,29)/t20-/m1/s1. The third-order valence-corrected chi connectivity index (χ3v) is 6.55. The van der Waals surface area contributed by atoms with E-state index in [0.717, 1.165) is 30.1 Å². The van der Waals surface area contributed by atoms with Crippen molar-refractivity contribution in [1.82, 2.24) is 0 Å². The first-order valence-corrected chi connectivity index (χ1v) is 11.8. The summed E-state index contributed by atoms with van der Waals surface area (Å²) in [5.41, 5.74) is 2.32. The first-order valence-electron chi connectivity index (χ1n) is 10.8. The molecule has 7 heteroatoms. The maximum atomic E-state index is 12.9. The summed E-state index contributed by atoms with van der Waals surface area (Å²) >= 11 is 1.64. The summed E-state index contributed by atoms with van der Waals surface area (Å²) in [4.78, 5) is 26.4. The number of carbonyl (C=O) groups is 2. The quantitative estimate of drug-likeness (QED) is 0.434. The predicted molar refractivity (Wildman–Crippen MR) is 131 cm³/mol. The van der Waals surface area contributed by atoms with Gasteiger partial charge >= 0.3 is 0 Å². The summed E-state index contributed by atoms with van der Waals surface area (Å²) in [6.45, 7) is 0.820. The van der Waals surface area contributed by atoms with Crippen LogP contribution in [-0.2, 0) is 4.74 Å². The Morgan fingerprint density at radius 2 is 1.73 bits per heavy atom. The van der Waals surface area contributed by atoms with Crippen molar-refractivity contribution >= 4 is 35.0 Å². The predicted octanol–water partition coefficient (Wildman–Crippen LogP) is 5.47. The number of methoxy groups -OCH3 is 1. The van der Waals surface area contributed by atoms with Gasteiger partial charge in [0.05, 0.1) is 24.5 Å². The highest BCUT2D eigenvalue weighted by Gasteiger charge is 2.18. The van der Waals surface area contributed by atoms with Gasteiger partial charge in [-0.1, -0.05) is 24.3 Å². The number of anilines is 2. The molecule has 0 saturated carbocycles. The normalized spacial score (nSPS) is 15.1. The number of hydrogen-bond acceptors (Lipinski definition) is 5. The minimum absolute atomic E-state index is 0.184. The molecule has 2 N–H and O–H groups in total. The minimum Gasteiger partial charge on any atom is -0.495 e. The van der Waals surface area contributed by atoms with Crippen molar-refractivity contribution in [3.63, 3.8) is 0 Å². The molecule has 0 spiro atoms. The molecule has 0 aliphatic carbocycles. The number of benzene rings is 3. The van der Waals surface area contributed by atoms with Gasteiger partial charge in [-0.15, -0.1) is 11.8 Å². The van der Waals surface area contributed by atoms with Gasteiger partial charge in [-0.2, -0.15) is 0 Å². The summed E-state index contributed by atoms with van der Waals surface area (Å²) < 4.78 is 11.0. The Hall–Kier alpha value is -3.29. The molecule has 1 aliphatic heterocycles. The Balaban J connectivity index is 1.39. The van der Waals surface area contributed by atoms with E-state index < -0.39 is 0 Å². The van der Waals surface area contributed by atoms with Crippen molar-refractivity contribution in [1.29, 1.82) is 0 Å². The highest BCUT2D eigenvalue weighted by atomic mass is 32.2. The second-order valence-corrected chi connectivity index (χ2v) is 8.69.